The monoisotopic (exact) mass is 405 g/mol. The van der Waals surface area contributed by atoms with Crippen molar-refractivity contribution in [3.8, 4) is 0 Å². The SMILES string of the molecule is Cc1cc2cc(NC(=O)N3CCc4c(N5C[C@@H](C)N[C@@H](C)C5)ccnc43)ccn2n1. The average molecular weight is 406 g/mol. The Kier molecular flexibility index (Phi) is 4.58. The van der Waals surface area contributed by atoms with Gasteiger partial charge in [0.2, 0.25) is 0 Å². The summed E-state index contributed by atoms with van der Waals surface area (Å²) in [4.78, 5) is 21.8. The summed E-state index contributed by atoms with van der Waals surface area (Å²) in [6.07, 6.45) is 4.50. The summed E-state index contributed by atoms with van der Waals surface area (Å²) in [6.45, 7) is 8.92. The highest BCUT2D eigenvalue weighted by Crippen LogP contribution is 2.34. The van der Waals surface area contributed by atoms with Gasteiger partial charge in [-0.3, -0.25) is 4.90 Å². The molecule has 8 heteroatoms. The maximum Gasteiger partial charge on any atom is 0.327 e. The van der Waals surface area contributed by atoms with Gasteiger partial charge in [-0.15, -0.1) is 0 Å². The minimum Gasteiger partial charge on any atom is -0.368 e. The quantitative estimate of drug-likeness (QED) is 0.686. The number of rotatable bonds is 2. The minimum atomic E-state index is -0.152. The molecule has 0 radical (unpaired) electrons. The normalized spacial score (nSPS) is 21.2. The molecule has 2 atom stereocenters. The van der Waals surface area contributed by atoms with Crippen LogP contribution in [0, 0.1) is 6.92 Å². The molecule has 30 heavy (non-hydrogen) atoms. The number of hydrogen-bond donors (Lipinski definition) is 2. The van der Waals surface area contributed by atoms with Crippen molar-refractivity contribution in [3.05, 3.63) is 47.9 Å². The summed E-state index contributed by atoms with van der Waals surface area (Å²) in [7, 11) is 0. The lowest BCUT2D eigenvalue weighted by Gasteiger charge is -2.38. The fourth-order valence-electron chi connectivity index (χ4n) is 4.68. The Bertz CT molecular complexity index is 1100. The molecular formula is C22H27N7O. The van der Waals surface area contributed by atoms with E-state index in [1.54, 1.807) is 9.42 Å². The second-order valence-electron chi connectivity index (χ2n) is 8.41. The van der Waals surface area contributed by atoms with Crippen LogP contribution in [0.25, 0.3) is 5.52 Å². The van der Waals surface area contributed by atoms with Gasteiger partial charge >= 0.3 is 6.03 Å². The Hall–Kier alpha value is -3.13. The predicted octanol–water partition coefficient (Wildman–Crippen LogP) is 2.82. The van der Waals surface area contributed by atoms with Gasteiger partial charge in [0.05, 0.1) is 11.2 Å². The van der Waals surface area contributed by atoms with E-state index in [1.165, 1.54) is 5.69 Å². The molecule has 0 spiro atoms. The van der Waals surface area contributed by atoms with Gasteiger partial charge in [-0.1, -0.05) is 0 Å². The topological polar surface area (TPSA) is 77.8 Å². The molecule has 1 saturated heterocycles. The molecule has 0 saturated carbocycles. The van der Waals surface area contributed by atoms with Crippen LogP contribution in [-0.4, -0.2) is 52.3 Å². The van der Waals surface area contributed by atoms with Crippen molar-refractivity contribution in [2.24, 2.45) is 0 Å². The van der Waals surface area contributed by atoms with E-state index in [1.807, 2.05) is 37.5 Å². The highest BCUT2D eigenvalue weighted by molar-refractivity contribution is 6.03. The first-order valence-corrected chi connectivity index (χ1v) is 10.5. The fraction of sp³-hybridized carbons (Fsp3) is 0.409. The van der Waals surface area contributed by atoms with Crippen molar-refractivity contribution < 1.29 is 4.79 Å². The first-order chi connectivity index (χ1) is 14.5. The number of nitrogens with zero attached hydrogens (tertiary/aromatic N) is 5. The van der Waals surface area contributed by atoms with Crippen LogP contribution < -0.4 is 20.4 Å². The largest absolute Gasteiger partial charge is 0.368 e. The average Bonchev–Trinajstić information content (AvgIpc) is 3.29. The maximum absolute atomic E-state index is 13.0. The van der Waals surface area contributed by atoms with Crippen LogP contribution in [0.5, 0.6) is 0 Å². The summed E-state index contributed by atoms with van der Waals surface area (Å²) in [5.74, 6) is 0.769. The molecule has 5 heterocycles. The van der Waals surface area contributed by atoms with E-state index in [0.717, 1.165) is 47.8 Å². The maximum atomic E-state index is 13.0. The summed E-state index contributed by atoms with van der Waals surface area (Å²) >= 11 is 0. The van der Waals surface area contributed by atoms with Crippen molar-refractivity contribution in [2.75, 3.05) is 34.8 Å². The third kappa shape index (κ3) is 3.37. The second kappa shape index (κ2) is 7.28. The van der Waals surface area contributed by atoms with E-state index in [9.17, 15) is 4.79 Å². The van der Waals surface area contributed by atoms with Gasteiger partial charge in [0, 0.05) is 61.0 Å². The number of aryl methyl sites for hydroxylation is 1. The van der Waals surface area contributed by atoms with Crippen LogP contribution in [0.3, 0.4) is 0 Å². The number of carbonyl (C=O) groups is 1. The van der Waals surface area contributed by atoms with Gasteiger partial charge in [0.1, 0.15) is 5.82 Å². The lowest BCUT2D eigenvalue weighted by atomic mass is 10.1. The van der Waals surface area contributed by atoms with Gasteiger partial charge in [-0.25, -0.2) is 14.3 Å². The van der Waals surface area contributed by atoms with E-state index in [4.69, 9.17) is 0 Å². The summed E-state index contributed by atoms with van der Waals surface area (Å²) in [5, 5.41) is 11.0. The fourth-order valence-corrected chi connectivity index (χ4v) is 4.68. The number of anilines is 3. The Labute approximate surface area is 175 Å². The molecule has 3 aromatic heterocycles. The van der Waals surface area contributed by atoms with E-state index in [-0.39, 0.29) is 6.03 Å². The van der Waals surface area contributed by atoms with Gasteiger partial charge in [0.25, 0.3) is 0 Å². The second-order valence-corrected chi connectivity index (χ2v) is 8.41. The molecule has 2 aliphatic rings. The Morgan fingerprint density at radius 3 is 2.80 bits per heavy atom. The zero-order chi connectivity index (χ0) is 20.8. The summed E-state index contributed by atoms with van der Waals surface area (Å²) < 4.78 is 1.81. The summed E-state index contributed by atoms with van der Waals surface area (Å²) in [6, 6.07) is 8.58. The number of pyridine rings is 2. The molecule has 2 aliphatic heterocycles. The molecule has 0 unspecified atom stereocenters. The molecule has 0 aromatic carbocycles. The molecule has 5 rings (SSSR count). The van der Waals surface area contributed by atoms with Crippen molar-refractivity contribution in [1.29, 1.82) is 0 Å². The van der Waals surface area contributed by atoms with E-state index in [0.29, 0.717) is 18.6 Å². The molecule has 2 amide bonds. The molecule has 2 N–H and O–H groups in total. The van der Waals surface area contributed by atoms with Gasteiger partial charge in [0.15, 0.2) is 0 Å². The van der Waals surface area contributed by atoms with Crippen LogP contribution in [0.15, 0.2) is 36.7 Å². The minimum absolute atomic E-state index is 0.152. The summed E-state index contributed by atoms with van der Waals surface area (Å²) in [5.41, 5.74) is 5.01. The Morgan fingerprint density at radius 1 is 1.20 bits per heavy atom. The Morgan fingerprint density at radius 2 is 2.00 bits per heavy atom. The van der Waals surface area contributed by atoms with E-state index < -0.39 is 0 Å². The van der Waals surface area contributed by atoms with Crippen LogP contribution in [0.1, 0.15) is 25.1 Å². The van der Waals surface area contributed by atoms with Crippen LogP contribution in [-0.2, 0) is 6.42 Å². The highest BCUT2D eigenvalue weighted by Gasteiger charge is 2.31. The van der Waals surface area contributed by atoms with Gasteiger partial charge in [-0.2, -0.15) is 5.10 Å². The third-order valence-corrected chi connectivity index (χ3v) is 5.83. The standard InChI is InChI=1S/C22H27N7O/c1-14-10-18-11-17(5-9-29(18)26-14)25-22(30)28-8-6-19-20(4-7-23-21(19)28)27-12-15(2)24-16(3)13-27/h4-5,7,9-11,15-16,24H,6,8,12-13H2,1-3H3,(H,25,30)/t15-,16+. The van der Waals surface area contributed by atoms with Crippen LogP contribution in [0.4, 0.5) is 22.0 Å². The Balaban J connectivity index is 1.38. The van der Waals surface area contributed by atoms with Crippen molar-refractivity contribution in [3.63, 3.8) is 0 Å². The smallest absolute Gasteiger partial charge is 0.327 e. The zero-order valence-corrected chi connectivity index (χ0v) is 17.6. The van der Waals surface area contributed by atoms with Gasteiger partial charge < -0.3 is 15.5 Å². The molecule has 156 valence electrons. The third-order valence-electron chi connectivity index (χ3n) is 5.83. The first kappa shape index (κ1) is 18.9. The van der Waals surface area contributed by atoms with Crippen molar-refractivity contribution >= 4 is 28.7 Å². The number of nitrogens with one attached hydrogen (secondary N) is 2. The lowest BCUT2D eigenvalue weighted by Crippen LogP contribution is -2.54. The van der Waals surface area contributed by atoms with Crippen LogP contribution >= 0.6 is 0 Å². The van der Waals surface area contributed by atoms with E-state index in [2.05, 4.69) is 45.5 Å². The van der Waals surface area contributed by atoms with Crippen molar-refractivity contribution in [1.82, 2.24) is 19.9 Å². The number of urea groups is 1. The molecule has 8 nitrogen and oxygen atoms in total. The zero-order valence-electron chi connectivity index (χ0n) is 17.6. The number of carbonyl (C=O) groups excluding carboxylic acids is 1. The number of fused-ring (bicyclic) bond motifs is 2. The van der Waals surface area contributed by atoms with Crippen LogP contribution in [0.2, 0.25) is 0 Å². The number of amides is 2. The molecule has 0 aliphatic carbocycles. The first-order valence-electron chi connectivity index (χ1n) is 10.5. The number of aromatic nitrogens is 3. The van der Waals surface area contributed by atoms with Crippen molar-refractivity contribution in [2.45, 2.75) is 39.3 Å². The highest BCUT2D eigenvalue weighted by atomic mass is 16.2. The number of piperazine rings is 1. The molecule has 0 bridgehead atoms. The molecule has 1 fully saturated rings. The molecule has 3 aromatic rings. The van der Waals surface area contributed by atoms with Gasteiger partial charge in [-0.05, 0) is 51.5 Å². The van der Waals surface area contributed by atoms with E-state index >= 15 is 0 Å². The number of hydrogen-bond acceptors (Lipinski definition) is 5. The lowest BCUT2D eigenvalue weighted by molar-refractivity contribution is 0.257. The predicted molar refractivity (Wildman–Crippen MR) is 119 cm³/mol. The molecular weight excluding hydrogens is 378 g/mol.